The lowest BCUT2D eigenvalue weighted by Gasteiger charge is -2.01. The van der Waals surface area contributed by atoms with Crippen LogP contribution in [0.4, 0.5) is 0 Å². The van der Waals surface area contributed by atoms with E-state index < -0.39 is 0 Å². The molecule has 0 bridgehead atoms. The average Bonchev–Trinajstić information content (AvgIpc) is 3.15. The Morgan fingerprint density at radius 3 is 2.25 bits per heavy atom. The fraction of sp³-hybridized carbons (Fsp3) is 0.182. The van der Waals surface area contributed by atoms with E-state index in [0.29, 0.717) is 0 Å². The smallest absolute Gasteiger partial charge is 0.265 e. The fourth-order valence-electron chi connectivity index (χ4n) is 1.41. The highest BCUT2D eigenvalue weighted by molar-refractivity contribution is 8.42. The molecule has 0 fully saturated rings. The van der Waals surface area contributed by atoms with Crippen LogP contribution in [0.3, 0.4) is 0 Å². The summed E-state index contributed by atoms with van der Waals surface area (Å²) in [6.07, 6.45) is 4.27. The van der Waals surface area contributed by atoms with E-state index in [1.54, 1.807) is 23.5 Å². The summed E-state index contributed by atoms with van der Waals surface area (Å²) in [6.45, 7) is 0. The molecule has 0 radical (unpaired) electrons. The third-order valence-electron chi connectivity index (χ3n) is 2.25. The Balaban J connectivity index is 1.77. The normalized spacial score (nSPS) is 19.2. The topological polar surface area (TPSA) is 17.1 Å². The molecule has 0 aliphatic carbocycles. The van der Waals surface area contributed by atoms with Crippen molar-refractivity contribution in [3.63, 3.8) is 0 Å². The van der Waals surface area contributed by atoms with Crippen molar-refractivity contribution >= 4 is 98.2 Å². The van der Waals surface area contributed by atoms with Gasteiger partial charge in [-0.25, -0.2) is 0 Å². The minimum Gasteiger partial charge on any atom is -0.265 e. The van der Waals surface area contributed by atoms with Crippen LogP contribution in [0.25, 0.3) is 4.91 Å². The van der Waals surface area contributed by atoms with Crippen LogP contribution in [0.15, 0.2) is 32.5 Å². The first kappa shape index (κ1) is 16.0. The van der Waals surface area contributed by atoms with Crippen molar-refractivity contribution in [1.82, 2.24) is 0 Å². The highest BCUT2D eigenvalue weighted by Gasteiger charge is 2.27. The van der Waals surface area contributed by atoms with Gasteiger partial charge in [0.05, 0.1) is 21.8 Å². The molecule has 0 unspecified atom stereocenters. The molecule has 2 aliphatic rings. The second-order valence-corrected chi connectivity index (χ2v) is 12.2. The van der Waals surface area contributed by atoms with Gasteiger partial charge in [0.15, 0.2) is 0 Å². The minimum atomic E-state index is 0.174. The van der Waals surface area contributed by atoms with Crippen molar-refractivity contribution in [3.8, 4) is 0 Å². The van der Waals surface area contributed by atoms with E-state index in [2.05, 4.69) is 17.9 Å². The molecule has 9 heteroatoms. The summed E-state index contributed by atoms with van der Waals surface area (Å²) in [4.78, 5) is 13.6. The predicted octanol–water partition coefficient (Wildman–Crippen LogP) is 6.41. The lowest BCUT2D eigenvalue weighted by molar-refractivity contribution is 2.12. The zero-order valence-corrected chi connectivity index (χ0v) is 16.9. The molecule has 1 aromatic rings. The lowest BCUT2D eigenvalue weighted by atomic mass is 10.6. The van der Waals surface area contributed by atoms with Crippen LogP contribution in [-0.4, -0.2) is 12.5 Å². The first-order chi connectivity index (χ1) is 9.71. The van der Waals surface area contributed by atoms with Gasteiger partial charge in [-0.05, 0) is 17.9 Å². The van der Waals surface area contributed by atoms with E-state index in [1.807, 2.05) is 52.4 Å². The molecule has 0 amide bonds. The maximum Gasteiger partial charge on any atom is 0.287 e. The summed E-state index contributed by atoms with van der Waals surface area (Å²) in [5.74, 6) is 0. The molecular weight excluding hydrogens is 405 g/mol. The molecule has 3 heterocycles. The van der Waals surface area contributed by atoms with Crippen molar-refractivity contribution in [1.29, 1.82) is 0 Å². The van der Waals surface area contributed by atoms with E-state index in [-0.39, 0.29) is 4.06 Å². The van der Waals surface area contributed by atoms with Gasteiger partial charge < -0.3 is 0 Å². The first-order valence-electron chi connectivity index (χ1n) is 5.27. The minimum absolute atomic E-state index is 0.174. The molecule has 20 heavy (non-hydrogen) atoms. The van der Waals surface area contributed by atoms with E-state index >= 15 is 0 Å². The fourth-order valence-corrected chi connectivity index (χ4v) is 10.9. The number of rotatable bonds is 3. The third kappa shape index (κ3) is 3.40. The van der Waals surface area contributed by atoms with Gasteiger partial charge in [-0.1, -0.05) is 69.7 Å². The Hall–Kier alpha value is 1.17. The number of hydrogen-bond acceptors (Lipinski definition) is 9. The van der Waals surface area contributed by atoms with Crippen LogP contribution in [0.5, 0.6) is 0 Å². The Morgan fingerprint density at radius 1 is 1.00 bits per heavy atom. The van der Waals surface area contributed by atoms with Crippen LogP contribution >= 0.6 is 93.2 Å². The van der Waals surface area contributed by atoms with Gasteiger partial charge in [-0.3, -0.25) is 4.79 Å². The van der Waals surface area contributed by atoms with Gasteiger partial charge in [0, 0.05) is 10.3 Å². The van der Waals surface area contributed by atoms with Gasteiger partial charge >= 0.3 is 0 Å². The largest absolute Gasteiger partial charge is 0.287 e. The SMILES string of the molecule is CSC1=C(SC)SC(=C2SC=C(c3csc(=O)s3)S2)S1. The Labute approximate surface area is 150 Å². The van der Waals surface area contributed by atoms with E-state index in [9.17, 15) is 4.79 Å². The quantitative estimate of drug-likeness (QED) is 0.563. The predicted molar refractivity (Wildman–Crippen MR) is 108 cm³/mol. The molecule has 0 atom stereocenters. The van der Waals surface area contributed by atoms with Crippen LogP contribution in [0.1, 0.15) is 4.88 Å². The first-order valence-corrected chi connectivity index (χ1v) is 12.7. The van der Waals surface area contributed by atoms with Gasteiger partial charge in [0.25, 0.3) is 4.06 Å². The van der Waals surface area contributed by atoms with Crippen molar-refractivity contribution in [3.05, 3.63) is 41.5 Å². The molecular formula is C11H8OS8. The summed E-state index contributed by atoms with van der Waals surface area (Å²) in [5.41, 5.74) is 0. The molecule has 3 rings (SSSR count). The molecule has 0 aromatic carbocycles. The van der Waals surface area contributed by atoms with Crippen LogP contribution < -0.4 is 4.06 Å². The summed E-state index contributed by atoms with van der Waals surface area (Å²) in [6, 6.07) is 0. The summed E-state index contributed by atoms with van der Waals surface area (Å²) < 4.78 is 5.70. The lowest BCUT2D eigenvalue weighted by Crippen LogP contribution is -1.75. The highest BCUT2D eigenvalue weighted by atomic mass is 32.3. The molecule has 106 valence electrons. The average molecular weight is 413 g/mol. The molecule has 1 aromatic heterocycles. The van der Waals surface area contributed by atoms with Crippen molar-refractivity contribution < 1.29 is 0 Å². The second-order valence-electron chi connectivity index (χ2n) is 3.42. The van der Waals surface area contributed by atoms with Gasteiger partial charge in [-0.15, -0.1) is 23.5 Å². The maximum absolute atomic E-state index is 11.3. The highest BCUT2D eigenvalue weighted by Crippen LogP contribution is 2.62. The van der Waals surface area contributed by atoms with Crippen molar-refractivity contribution in [2.45, 2.75) is 0 Å². The van der Waals surface area contributed by atoms with E-state index in [4.69, 9.17) is 0 Å². The van der Waals surface area contributed by atoms with Crippen molar-refractivity contribution in [2.75, 3.05) is 12.5 Å². The zero-order valence-electron chi connectivity index (χ0n) is 10.3. The summed E-state index contributed by atoms with van der Waals surface area (Å²) in [5, 5.41) is 4.13. The number of hydrogen-bond donors (Lipinski definition) is 0. The Bertz CT molecular complexity index is 659. The molecule has 0 N–H and O–H groups in total. The summed E-state index contributed by atoms with van der Waals surface area (Å²) >= 11 is 13.6. The Morgan fingerprint density at radius 2 is 1.70 bits per heavy atom. The van der Waals surface area contributed by atoms with Crippen LogP contribution in [0, 0.1) is 0 Å². The van der Waals surface area contributed by atoms with E-state index in [1.165, 1.54) is 44.5 Å². The zero-order chi connectivity index (χ0) is 14.1. The third-order valence-corrected chi connectivity index (χ3v) is 12.5. The molecule has 0 saturated heterocycles. The van der Waals surface area contributed by atoms with E-state index in [0.717, 1.165) is 4.88 Å². The summed E-state index contributed by atoms with van der Waals surface area (Å²) in [7, 11) is 0. The molecule has 2 aliphatic heterocycles. The Kier molecular flexibility index (Phi) is 5.75. The molecule has 0 spiro atoms. The molecule has 1 nitrogen and oxygen atoms in total. The standard InChI is InChI=1S/C11H8OS8/c1-13-7-8(14-2)20-10(19-7)9-15-3-5(17-9)6-4-16-11(12)18-6/h3-4H,1-2H3. The van der Waals surface area contributed by atoms with Gasteiger partial charge in [0.1, 0.15) is 0 Å². The van der Waals surface area contributed by atoms with Crippen LogP contribution in [-0.2, 0) is 0 Å². The molecule has 0 saturated carbocycles. The van der Waals surface area contributed by atoms with Crippen molar-refractivity contribution in [2.24, 2.45) is 0 Å². The van der Waals surface area contributed by atoms with Gasteiger partial charge in [0.2, 0.25) is 0 Å². The maximum atomic E-state index is 11.3. The monoisotopic (exact) mass is 412 g/mol. The number of thioether (sulfide) groups is 6. The van der Waals surface area contributed by atoms with Gasteiger partial charge in [-0.2, -0.15) is 0 Å². The second kappa shape index (κ2) is 7.16. The van der Waals surface area contributed by atoms with Crippen LogP contribution in [0.2, 0.25) is 0 Å².